The summed E-state index contributed by atoms with van der Waals surface area (Å²) in [5.74, 6) is 0.955. The van der Waals surface area contributed by atoms with Gasteiger partial charge in [0.05, 0.1) is 6.54 Å². The predicted octanol–water partition coefficient (Wildman–Crippen LogP) is 2.97. The molecule has 1 saturated carbocycles. The van der Waals surface area contributed by atoms with E-state index < -0.39 is 0 Å². The molecule has 1 aromatic carbocycles. The van der Waals surface area contributed by atoms with Crippen molar-refractivity contribution in [2.75, 3.05) is 6.54 Å². The summed E-state index contributed by atoms with van der Waals surface area (Å²) < 4.78 is 5.81. The topological polar surface area (TPSA) is 51.2 Å². The zero-order chi connectivity index (χ0) is 13.1. The van der Waals surface area contributed by atoms with Crippen molar-refractivity contribution in [3.05, 3.63) is 35.6 Å². The Morgan fingerprint density at radius 3 is 2.84 bits per heavy atom. The van der Waals surface area contributed by atoms with Crippen LogP contribution in [0.4, 0.5) is 0 Å². The van der Waals surface area contributed by atoms with E-state index in [9.17, 15) is 0 Å². The average Bonchev–Trinajstić information content (AvgIpc) is 3.19. The first-order valence-electron chi connectivity index (χ1n) is 7.31. The normalized spacial score (nSPS) is 15.2. The summed E-state index contributed by atoms with van der Waals surface area (Å²) in [7, 11) is 0. The molecule has 1 aliphatic carbocycles. The van der Waals surface area contributed by atoms with Crippen LogP contribution in [0.3, 0.4) is 0 Å². The highest BCUT2D eigenvalue weighted by atomic mass is 16.3. The van der Waals surface area contributed by atoms with Gasteiger partial charge in [0.2, 0.25) is 0 Å². The van der Waals surface area contributed by atoms with Gasteiger partial charge in [0.25, 0.3) is 0 Å². The number of hydrogen-bond acceptors (Lipinski definition) is 3. The Labute approximate surface area is 114 Å². The summed E-state index contributed by atoms with van der Waals surface area (Å²) in [5, 5.41) is 4.79. The monoisotopic (exact) mass is 258 g/mol. The zero-order valence-corrected chi connectivity index (χ0v) is 11.3. The van der Waals surface area contributed by atoms with Gasteiger partial charge in [0.15, 0.2) is 0 Å². The van der Waals surface area contributed by atoms with Gasteiger partial charge in [0.1, 0.15) is 11.3 Å². The van der Waals surface area contributed by atoms with E-state index in [-0.39, 0.29) is 0 Å². The first kappa shape index (κ1) is 12.7. The highest BCUT2D eigenvalue weighted by Gasteiger charge is 2.19. The van der Waals surface area contributed by atoms with Crippen molar-refractivity contribution in [2.24, 2.45) is 5.73 Å². The van der Waals surface area contributed by atoms with Crippen molar-refractivity contribution in [1.82, 2.24) is 5.32 Å². The van der Waals surface area contributed by atoms with Crippen LogP contribution in [0.2, 0.25) is 0 Å². The molecular weight excluding hydrogens is 236 g/mol. The Bertz CT molecular complexity index is 543. The molecule has 0 saturated heterocycles. The highest BCUT2D eigenvalue weighted by Crippen LogP contribution is 2.27. The molecule has 0 amide bonds. The molecule has 1 fully saturated rings. The number of aryl methyl sites for hydroxylation is 1. The first-order valence-corrected chi connectivity index (χ1v) is 7.31. The Balaban J connectivity index is 1.61. The number of hydrogen-bond donors (Lipinski definition) is 2. The van der Waals surface area contributed by atoms with E-state index in [2.05, 4.69) is 17.4 Å². The molecule has 0 radical (unpaired) electrons. The minimum atomic E-state index is 0.490. The van der Waals surface area contributed by atoms with Crippen molar-refractivity contribution in [2.45, 2.75) is 44.7 Å². The largest absolute Gasteiger partial charge is 0.459 e. The lowest BCUT2D eigenvalue weighted by molar-refractivity contribution is 0.541. The lowest BCUT2D eigenvalue weighted by Crippen LogP contribution is -2.17. The minimum absolute atomic E-state index is 0.490. The predicted molar refractivity (Wildman–Crippen MR) is 78.1 cm³/mol. The molecular formula is C16H22N2O. The summed E-state index contributed by atoms with van der Waals surface area (Å²) in [6, 6.07) is 9.04. The van der Waals surface area contributed by atoms with Gasteiger partial charge in [-0.1, -0.05) is 18.2 Å². The van der Waals surface area contributed by atoms with Gasteiger partial charge in [-0.3, -0.25) is 0 Å². The van der Waals surface area contributed by atoms with E-state index >= 15 is 0 Å². The van der Waals surface area contributed by atoms with E-state index in [1.807, 2.05) is 12.1 Å². The van der Waals surface area contributed by atoms with Crippen molar-refractivity contribution in [3.63, 3.8) is 0 Å². The molecule has 0 unspecified atom stereocenters. The number of rotatable bonds is 7. The fourth-order valence-electron chi connectivity index (χ4n) is 2.61. The Hall–Kier alpha value is -1.32. The molecule has 1 heterocycles. The molecule has 0 spiro atoms. The molecule has 0 bridgehead atoms. The Morgan fingerprint density at radius 1 is 1.21 bits per heavy atom. The van der Waals surface area contributed by atoms with E-state index in [0.29, 0.717) is 6.54 Å². The molecule has 1 aromatic heterocycles. The zero-order valence-electron chi connectivity index (χ0n) is 11.3. The Morgan fingerprint density at radius 2 is 2.05 bits per heavy atom. The summed E-state index contributed by atoms with van der Waals surface area (Å²) in [4.78, 5) is 0. The maximum Gasteiger partial charge on any atom is 0.134 e. The van der Waals surface area contributed by atoms with Gasteiger partial charge in [-0.2, -0.15) is 0 Å². The van der Waals surface area contributed by atoms with Gasteiger partial charge in [-0.15, -0.1) is 0 Å². The molecule has 3 N–H and O–H groups in total. The fourth-order valence-corrected chi connectivity index (χ4v) is 2.61. The first-order chi connectivity index (χ1) is 9.38. The van der Waals surface area contributed by atoms with Crippen LogP contribution in [0.5, 0.6) is 0 Å². The maximum atomic E-state index is 5.81. The van der Waals surface area contributed by atoms with Crippen molar-refractivity contribution < 1.29 is 4.42 Å². The fraction of sp³-hybridized carbons (Fsp3) is 0.500. The van der Waals surface area contributed by atoms with Gasteiger partial charge in [-0.25, -0.2) is 0 Å². The molecule has 3 nitrogen and oxygen atoms in total. The number of unbranched alkanes of at least 4 members (excludes halogenated alkanes) is 1. The smallest absolute Gasteiger partial charge is 0.134 e. The van der Waals surface area contributed by atoms with Gasteiger partial charge >= 0.3 is 0 Å². The van der Waals surface area contributed by atoms with Crippen LogP contribution in [0.15, 0.2) is 28.7 Å². The van der Waals surface area contributed by atoms with Crippen LogP contribution in [-0.4, -0.2) is 12.6 Å². The van der Waals surface area contributed by atoms with Crippen LogP contribution in [-0.2, 0) is 13.0 Å². The third-order valence-corrected chi connectivity index (χ3v) is 3.83. The lowest BCUT2D eigenvalue weighted by atomic mass is 10.0. The molecule has 2 aromatic rings. The number of para-hydroxylation sites is 1. The standard InChI is InChI=1S/C16H22N2O/c17-11-16-14(6-3-4-10-18-12-8-9-12)13-5-1-2-7-15(13)19-16/h1-2,5,7,12,18H,3-4,6,8-11,17H2. The third kappa shape index (κ3) is 2.99. The van der Waals surface area contributed by atoms with Gasteiger partial charge in [-0.05, 0) is 44.7 Å². The average molecular weight is 258 g/mol. The molecule has 0 aliphatic heterocycles. The van der Waals surface area contributed by atoms with Crippen LogP contribution < -0.4 is 11.1 Å². The lowest BCUT2D eigenvalue weighted by Gasteiger charge is -2.03. The van der Waals surface area contributed by atoms with E-state index in [1.54, 1.807) is 0 Å². The van der Waals surface area contributed by atoms with Gasteiger partial charge in [0, 0.05) is 17.0 Å². The van der Waals surface area contributed by atoms with Crippen molar-refractivity contribution in [3.8, 4) is 0 Å². The Kier molecular flexibility index (Phi) is 3.85. The second-order valence-electron chi connectivity index (χ2n) is 5.39. The molecule has 1 aliphatic rings. The molecule has 0 atom stereocenters. The van der Waals surface area contributed by atoms with Gasteiger partial charge < -0.3 is 15.5 Å². The summed E-state index contributed by atoms with van der Waals surface area (Å²) in [6.45, 7) is 1.63. The van der Waals surface area contributed by atoms with Crippen molar-refractivity contribution >= 4 is 11.0 Å². The maximum absolute atomic E-state index is 5.81. The van der Waals surface area contributed by atoms with E-state index in [1.165, 1.54) is 36.6 Å². The summed E-state index contributed by atoms with van der Waals surface area (Å²) >= 11 is 0. The van der Waals surface area contributed by atoms with Crippen LogP contribution in [0, 0.1) is 0 Å². The van der Waals surface area contributed by atoms with E-state index in [0.717, 1.165) is 30.4 Å². The number of fused-ring (bicyclic) bond motifs is 1. The second-order valence-corrected chi connectivity index (χ2v) is 5.39. The second kappa shape index (κ2) is 5.76. The quantitative estimate of drug-likeness (QED) is 0.751. The van der Waals surface area contributed by atoms with Crippen LogP contribution in [0.25, 0.3) is 11.0 Å². The number of nitrogens with one attached hydrogen (secondary N) is 1. The van der Waals surface area contributed by atoms with Crippen LogP contribution >= 0.6 is 0 Å². The van der Waals surface area contributed by atoms with Crippen molar-refractivity contribution in [1.29, 1.82) is 0 Å². The molecule has 102 valence electrons. The molecule has 19 heavy (non-hydrogen) atoms. The van der Waals surface area contributed by atoms with Crippen LogP contribution in [0.1, 0.15) is 37.0 Å². The SMILES string of the molecule is NCc1oc2ccccc2c1CCCCNC1CC1. The number of furan rings is 1. The third-order valence-electron chi connectivity index (χ3n) is 3.83. The minimum Gasteiger partial charge on any atom is -0.459 e. The number of benzene rings is 1. The number of nitrogens with two attached hydrogens (primary N) is 1. The summed E-state index contributed by atoms with van der Waals surface area (Å²) in [5.41, 5.74) is 8.06. The highest BCUT2D eigenvalue weighted by molar-refractivity contribution is 5.82. The molecule has 3 rings (SSSR count). The summed E-state index contributed by atoms with van der Waals surface area (Å²) in [6.07, 6.45) is 6.21. The van der Waals surface area contributed by atoms with E-state index in [4.69, 9.17) is 10.2 Å². The molecule has 3 heteroatoms.